The lowest BCUT2D eigenvalue weighted by Gasteiger charge is -2.26. The number of thioether (sulfide) groups is 1. The van der Waals surface area contributed by atoms with Gasteiger partial charge in [-0.25, -0.2) is 0 Å². The molecule has 4 nitrogen and oxygen atoms in total. The third-order valence-corrected chi connectivity index (χ3v) is 5.55. The van der Waals surface area contributed by atoms with Crippen LogP contribution in [0.15, 0.2) is 16.8 Å². The minimum atomic E-state index is -0.331. The lowest BCUT2D eigenvalue weighted by atomic mass is 10.1. The number of hydrogen-bond acceptors (Lipinski definition) is 4. The summed E-state index contributed by atoms with van der Waals surface area (Å²) in [5, 5.41) is 6.97. The van der Waals surface area contributed by atoms with Crippen LogP contribution in [-0.4, -0.2) is 40.4 Å². The van der Waals surface area contributed by atoms with Gasteiger partial charge in [-0.05, 0) is 35.2 Å². The third-order valence-electron chi connectivity index (χ3n) is 3.81. The minimum Gasteiger partial charge on any atom is -0.352 e. The summed E-state index contributed by atoms with van der Waals surface area (Å²) < 4.78 is 0. The molecule has 116 valence electrons. The van der Waals surface area contributed by atoms with Crippen molar-refractivity contribution >= 4 is 34.9 Å². The average Bonchev–Trinajstić information content (AvgIpc) is 3.08. The Bertz CT molecular complexity index is 488. The van der Waals surface area contributed by atoms with E-state index in [9.17, 15) is 9.59 Å². The molecule has 1 saturated heterocycles. The fraction of sp³-hybridized carbons (Fsp3) is 0.600. The molecule has 0 spiro atoms. The maximum Gasteiger partial charge on any atom is 0.243 e. The van der Waals surface area contributed by atoms with E-state index in [0.29, 0.717) is 24.0 Å². The lowest BCUT2D eigenvalue weighted by Crippen LogP contribution is -2.50. The largest absolute Gasteiger partial charge is 0.352 e. The number of carbonyl (C=O) groups is 2. The number of nitrogens with zero attached hydrogens (tertiary/aromatic N) is 1. The summed E-state index contributed by atoms with van der Waals surface area (Å²) in [5.74, 6) is 1.69. The Hall–Kier alpha value is -1.01. The molecule has 1 aromatic rings. The van der Waals surface area contributed by atoms with Crippen LogP contribution in [0.5, 0.6) is 0 Å². The van der Waals surface area contributed by atoms with E-state index in [1.54, 1.807) is 28.0 Å². The van der Waals surface area contributed by atoms with Gasteiger partial charge in [0.15, 0.2) is 0 Å². The molecule has 0 bridgehead atoms. The maximum absolute atomic E-state index is 12.4. The molecule has 1 fully saturated rings. The molecular formula is C15H22N2O2S2. The first-order chi connectivity index (χ1) is 9.99. The van der Waals surface area contributed by atoms with Crippen LogP contribution >= 0.6 is 23.1 Å². The molecule has 2 atom stereocenters. The Morgan fingerprint density at radius 3 is 2.81 bits per heavy atom. The molecule has 6 heteroatoms. The summed E-state index contributed by atoms with van der Waals surface area (Å²) in [6.45, 7) is 6.16. The number of rotatable bonds is 5. The van der Waals surface area contributed by atoms with E-state index in [4.69, 9.17) is 0 Å². The standard InChI is InChI=1S/C15H22N2O2S2/c1-10(2)11(3)16-15(19)13-8-21-9-17(13)14(18)6-12-4-5-20-7-12/h4-5,7,10-11,13H,6,8-9H2,1-3H3,(H,16,19)/t11-,13-/m1/s1. The first-order valence-electron chi connectivity index (χ1n) is 7.17. The summed E-state index contributed by atoms with van der Waals surface area (Å²) in [6.07, 6.45) is 0.383. The van der Waals surface area contributed by atoms with Gasteiger partial charge in [0.25, 0.3) is 0 Å². The van der Waals surface area contributed by atoms with Crippen molar-refractivity contribution in [3.63, 3.8) is 0 Å². The molecule has 0 aliphatic carbocycles. The second-order valence-corrected chi connectivity index (χ2v) is 7.51. The third kappa shape index (κ3) is 4.23. The summed E-state index contributed by atoms with van der Waals surface area (Å²) in [4.78, 5) is 26.5. The van der Waals surface area contributed by atoms with Crippen LogP contribution in [0.4, 0.5) is 0 Å². The molecule has 0 saturated carbocycles. The maximum atomic E-state index is 12.4. The summed E-state index contributed by atoms with van der Waals surface area (Å²) >= 11 is 3.23. The molecule has 1 aromatic heterocycles. The zero-order chi connectivity index (χ0) is 15.4. The Kier molecular flexibility index (Phi) is 5.70. The van der Waals surface area contributed by atoms with Gasteiger partial charge in [0.2, 0.25) is 11.8 Å². The van der Waals surface area contributed by atoms with Gasteiger partial charge >= 0.3 is 0 Å². The fourth-order valence-corrected chi connectivity index (χ4v) is 3.91. The van der Waals surface area contributed by atoms with Gasteiger partial charge in [-0.2, -0.15) is 11.3 Å². The zero-order valence-corrected chi connectivity index (χ0v) is 14.3. The molecule has 2 heterocycles. The number of thiophene rings is 1. The van der Waals surface area contributed by atoms with E-state index >= 15 is 0 Å². The molecule has 1 aliphatic heterocycles. The van der Waals surface area contributed by atoms with Gasteiger partial charge in [-0.3, -0.25) is 9.59 Å². The van der Waals surface area contributed by atoms with Crippen LogP contribution in [0.25, 0.3) is 0 Å². The van der Waals surface area contributed by atoms with E-state index in [0.717, 1.165) is 5.56 Å². The molecule has 0 unspecified atom stereocenters. The monoisotopic (exact) mass is 326 g/mol. The van der Waals surface area contributed by atoms with E-state index in [1.807, 2.05) is 23.8 Å². The van der Waals surface area contributed by atoms with Gasteiger partial charge in [0, 0.05) is 11.8 Å². The summed E-state index contributed by atoms with van der Waals surface area (Å²) in [6, 6.07) is 1.75. The molecule has 21 heavy (non-hydrogen) atoms. The van der Waals surface area contributed by atoms with E-state index in [2.05, 4.69) is 19.2 Å². The molecule has 2 amide bonds. The van der Waals surface area contributed by atoms with Crippen molar-refractivity contribution < 1.29 is 9.59 Å². The molecule has 2 rings (SSSR count). The number of amides is 2. The van der Waals surface area contributed by atoms with Crippen LogP contribution in [0, 0.1) is 5.92 Å². The van der Waals surface area contributed by atoms with Crippen molar-refractivity contribution in [2.75, 3.05) is 11.6 Å². The Balaban J connectivity index is 1.96. The van der Waals surface area contributed by atoms with Gasteiger partial charge in [0.05, 0.1) is 12.3 Å². The SMILES string of the molecule is CC(C)[C@@H](C)NC(=O)[C@H]1CSCN1C(=O)Cc1ccsc1. The normalized spacial score (nSPS) is 19.8. The Morgan fingerprint density at radius 1 is 1.43 bits per heavy atom. The predicted octanol–water partition coefficient (Wildman–Crippen LogP) is 2.35. The second kappa shape index (κ2) is 7.31. The van der Waals surface area contributed by atoms with Crippen molar-refractivity contribution in [1.29, 1.82) is 0 Å². The van der Waals surface area contributed by atoms with Crippen molar-refractivity contribution in [2.24, 2.45) is 5.92 Å². The number of carbonyl (C=O) groups excluding carboxylic acids is 2. The van der Waals surface area contributed by atoms with E-state index < -0.39 is 0 Å². The van der Waals surface area contributed by atoms with E-state index in [1.165, 1.54) is 0 Å². The number of nitrogens with one attached hydrogen (secondary N) is 1. The topological polar surface area (TPSA) is 49.4 Å². The average molecular weight is 326 g/mol. The highest BCUT2D eigenvalue weighted by Gasteiger charge is 2.35. The molecule has 0 radical (unpaired) electrons. The number of hydrogen-bond donors (Lipinski definition) is 1. The molecule has 0 aromatic carbocycles. The van der Waals surface area contributed by atoms with Crippen LogP contribution in [0.2, 0.25) is 0 Å². The van der Waals surface area contributed by atoms with Crippen LogP contribution in [-0.2, 0) is 16.0 Å². The van der Waals surface area contributed by atoms with Gasteiger partial charge in [0.1, 0.15) is 6.04 Å². The van der Waals surface area contributed by atoms with Crippen molar-refractivity contribution in [1.82, 2.24) is 10.2 Å². The Morgan fingerprint density at radius 2 is 2.19 bits per heavy atom. The highest BCUT2D eigenvalue weighted by molar-refractivity contribution is 7.99. The second-order valence-electron chi connectivity index (χ2n) is 5.73. The van der Waals surface area contributed by atoms with Crippen LogP contribution in [0.3, 0.4) is 0 Å². The van der Waals surface area contributed by atoms with Gasteiger partial charge in [-0.15, -0.1) is 11.8 Å². The predicted molar refractivity (Wildman–Crippen MR) is 88.4 cm³/mol. The molecule has 1 N–H and O–H groups in total. The van der Waals surface area contributed by atoms with Crippen LogP contribution in [0.1, 0.15) is 26.3 Å². The smallest absolute Gasteiger partial charge is 0.243 e. The highest BCUT2D eigenvalue weighted by Crippen LogP contribution is 2.23. The molecular weight excluding hydrogens is 304 g/mol. The first kappa shape index (κ1) is 16.4. The fourth-order valence-electron chi connectivity index (χ4n) is 2.06. The lowest BCUT2D eigenvalue weighted by molar-refractivity contribution is -0.137. The minimum absolute atomic E-state index is 0.0279. The summed E-state index contributed by atoms with van der Waals surface area (Å²) in [7, 11) is 0. The van der Waals surface area contributed by atoms with Crippen molar-refractivity contribution in [3.05, 3.63) is 22.4 Å². The highest BCUT2D eigenvalue weighted by atomic mass is 32.2. The van der Waals surface area contributed by atoms with Crippen molar-refractivity contribution in [2.45, 2.75) is 39.3 Å². The quantitative estimate of drug-likeness (QED) is 0.903. The van der Waals surface area contributed by atoms with Crippen LogP contribution < -0.4 is 5.32 Å². The zero-order valence-electron chi connectivity index (χ0n) is 12.7. The van der Waals surface area contributed by atoms with Crippen molar-refractivity contribution in [3.8, 4) is 0 Å². The Labute approximate surface area is 134 Å². The van der Waals surface area contributed by atoms with Gasteiger partial charge < -0.3 is 10.2 Å². The van der Waals surface area contributed by atoms with E-state index in [-0.39, 0.29) is 23.9 Å². The summed E-state index contributed by atoms with van der Waals surface area (Å²) in [5.41, 5.74) is 1.02. The first-order valence-corrected chi connectivity index (χ1v) is 9.27. The molecule has 1 aliphatic rings. The van der Waals surface area contributed by atoms with Gasteiger partial charge in [-0.1, -0.05) is 13.8 Å².